The van der Waals surface area contributed by atoms with Crippen molar-refractivity contribution in [2.24, 2.45) is 5.92 Å². The first-order valence-electron chi connectivity index (χ1n) is 10.6. The Bertz CT molecular complexity index is 1000. The zero-order valence-corrected chi connectivity index (χ0v) is 17.6. The number of fused-ring (bicyclic) bond motifs is 2. The van der Waals surface area contributed by atoms with Crippen molar-refractivity contribution in [3.8, 4) is 0 Å². The molecule has 0 saturated heterocycles. The number of aryl methyl sites for hydroxylation is 1. The zero-order chi connectivity index (χ0) is 20.4. The molecule has 0 fully saturated rings. The normalized spacial score (nSPS) is 14.5. The zero-order valence-electron chi connectivity index (χ0n) is 17.6. The number of esters is 1. The highest BCUT2D eigenvalue weighted by molar-refractivity contribution is 5.89. The molecular formula is C23H30N4O2. The van der Waals surface area contributed by atoms with Crippen molar-refractivity contribution in [1.82, 2.24) is 19.7 Å². The SMILES string of the molecule is CCOC(=O)c1nn(CCC(C)C)c2c1CN(Cc1c[nH]c3ccccc13)CC2. The number of para-hydroxylation sites is 1. The fourth-order valence-electron chi connectivity index (χ4n) is 4.11. The average Bonchev–Trinajstić information content (AvgIpc) is 3.28. The highest BCUT2D eigenvalue weighted by atomic mass is 16.5. The second-order valence-electron chi connectivity index (χ2n) is 8.22. The molecule has 1 N–H and O–H groups in total. The Hall–Kier alpha value is -2.60. The molecule has 0 bridgehead atoms. The summed E-state index contributed by atoms with van der Waals surface area (Å²) in [4.78, 5) is 18.3. The van der Waals surface area contributed by atoms with E-state index in [1.165, 1.54) is 16.6 Å². The molecule has 4 rings (SSSR count). The molecule has 0 saturated carbocycles. The van der Waals surface area contributed by atoms with E-state index < -0.39 is 0 Å². The van der Waals surface area contributed by atoms with Crippen LogP contribution in [0.4, 0.5) is 0 Å². The Morgan fingerprint density at radius 3 is 2.93 bits per heavy atom. The molecule has 6 nitrogen and oxygen atoms in total. The van der Waals surface area contributed by atoms with Crippen LogP contribution in [-0.2, 0) is 30.8 Å². The number of aromatic nitrogens is 3. The van der Waals surface area contributed by atoms with Gasteiger partial charge in [-0.1, -0.05) is 32.0 Å². The summed E-state index contributed by atoms with van der Waals surface area (Å²) in [6.07, 6.45) is 4.05. The van der Waals surface area contributed by atoms with E-state index >= 15 is 0 Å². The van der Waals surface area contributed by atoms with Crippen LogP contribution in [0.2, 0.25) is 0 Å². The third kappa shape index (κ3) is 4.08. The molecule has 0 unspecified atom stereocenters. The van der Waals surface area contributed by atoms with Crippen LogP contribution in [0, 0.1) is 5.92 Å². The van der Waals surface area contributed by atoms with Gasteiger partial charge in [-0.2, -0.15) is 5.10 Å². The minimum absolute atomic E-state index is 0.305. The summed E-state index contributed by atoms with van der Waals surface area (Å²) in [5, 5.41) is 5.93. The fourth-order valence-corrected chi connectivity index (χ4v) is 4.11. The number of rotatable bonds is 7. The van der Waals surface area contributed by atoms with Gasteiger partial charge in [0, 0.05) is 61.0 Å². The number of nitrogens with zero attached hydrogens (tertiary/aromatic N) is 3. The maximum absolute atomic E-state index is 12.5. The number of hydrogen-bond donors (Lipinski definition) is 1. The number of H-pyrrole nitrogens is 1. The van der Waals surface area contributed by atoms with Crippen LogP contribution in [0.3, 0.4) is 0 Å². The Balaban J connectivity index is 1.58. The predicted octanol–water partition coefficient (Wildman–Crippen LogP) is 4.15. The molecule has 2 aromatic heterocycles. The van der Waals surface area contributed by atoms with Gasteiger partial charge in [-0.3, -0.25) is 9.58 Å². The molecular weight excluding hydrogens is 364 g/mol. The van der Waals surface area contributed by atoms with E-state index in [1.54, 1.807) is 0 Å². The van der Waals surface area contributed by atoms with Crippen LogP contribution in [0.15, 0.2) is 30.5 Å². The highest BCUT2D eigenvalue weighted by Gasteiger charge is 2.29. The number of nitrogens with one attached hydrogen (secondary N) is 1. The molecule has 1 aliphatic rings. The third-order valence-corrected chi connectivity index (χ3v) is 5.67. The van der Waals surface area contributed by atoms with Gasteiger partial charge >= 0.3 is 5.97 Å². The largest absolute Gasteiger partial charge is 0.461 e. The van der Waals surface area contributed by atoms with Crippen molar-refractivity contribution in [2.45, 2.75) is 53.2 Å². The van der Waals surface area contributed by atoms with Crippen molar-refractivity contribution in [3.05, 3.63) is 53.0 Å². The summed E-state index contributed by atoms with van der Waals surface area (Å²) in [5.74, 6) is 0.295. The fraction of sp³-hybridized carbons (Fsp3) is 0.478. The third-order valence-electron chi connectivity index (χ3n) is 5.67. The first-order chi connectivity index (χ1) is 14.1. The monoisotopic (exact) mass is 394 g/mol. The summed E-state index contributed by atoms with van der Waals surface area (Å²) in [5.41, 5.74) is 5.18. The molecule has 154 valence electrons. The lowest BCUT2D eigenvalue weighted by Crippen LogP contribution is -2.31. The number of carbonyl (C=O) groups is 1. The summed E-state index contributed by atoms with van der Waals surface area (Å²) in [6.45, 7) is 10.0. The van der Waals surface area contributed by atoms with E-state index in [1.807, 2.05) is 17.7 Å². The molecule has 29 heavy (non-hydrogen) atoms. The van der Waals surface area contributed by atoms with Gasteiger partial charge in [-0.15, -0.1) is 0 Å². The van der Waals surface area contributed by atoms with Gasteiger partial charge in [-0.25, -0.2) is 4.79 Å². The van der Waals surface area contributed by atoms with Crippen molar-refractivity contribution in [2.75, 3.05) is 13.2 Å². The van der Waals surface area contributed by atoms with E-state index in [0.717, 1.165) is 50.1 Å². The van der Waals surface area contributed by atoms with E-state index in [9.17, 15) is 4.79 Å². The predicted molar refractivity (Wildman–Crippen MR) is 114 cm³/mol. The van der Waals surface area contributed by atoms with Gasteiger partial charge in [0.25, 0.3) is 0 Å². The van der Waals surface area contributed by atoms with E-state index in [2.05, 4.69) is 53.2 Å². The van der Waals surface area contributed by atoms with Crippen LogP contribution in [0.5, 0.6) is 0 Å². The van der Waals surface area contributed by atoms with Gasteiger partial charge in [0.2, 0.25) is 0 Å². The van der Waals surface area contributed by atoms with Gasteiger partial charge in [0.15, 0.2) is 5.69 Å². The van der Waals surface area contributed by atoms with Crippen molar-refractivity contribution in [1.29, 1.82) is 0 Å². The Morgan fingerprint density at radius 1 is 1.31 bits per heavy atom. The van der Waals surface area contributed by atoms with Crippen LogP contribution in [-0.4, -0.2) is 38.8 Å². The van der Waals surface area contributed by atoms with E-state index in [0.29, 0.717) is 18.2 Å². The number of benzene rings is 1. The van der Waals surface area contributed by atoms with E-state index in [-0.39, 0.29) is 5.97 Å². The standard InChI is InChI=1S/C23H30N4O2/c1-4-29-23(28)22-19-15-26(11-10-21(19)27(25-22)12-9-16(2)3)14-17-13-24-20-8-6-5-7-18(17)20/h5-8,13,16,24H,4,9-12,14-15H2,1-3H3. The quantitative estimate of drug-likeness (QED) is 0.612. The topological polar surface area (TPSA) is 63.1 Å². The first kappa shape index (κ1) is 19.7. The minimum atomic E-state index is -0.305. The van der Waals surface area contributed by atoms with Gasteiger partial charge < -0.3 is 9.72 Å². The van der Waals surface area contributed by atoms with Gasteiger partial charge in [0.1, 0.15) is 0 Å². The number of hydrogen-bond acceptors (Lipinski definition) is 4. The lowest BCUT2D eigenvalue weighted by molar-refractivity contribution is 0.0515. The van der Waals surface area contributed by atoms with Crippen molar-refractivity contribution < 1.29 is 9.53 Å². The summed E-state index contributed by atoms with van der Waals surface area (Å²) in [6, 6.07) is 8.38. The molecule has 3 heterocycles. The highest BCUT2D eigenvalue weighted by Crippen LogP contribution is 2.27. The van der Waals surface area contributed by atoms with Crippen LogP contribution < -0.4 is 0 Å². The molecule has 0 spiro atoms. The van der Waals surface area contributed by atoms with Gasteiger partial charge in [-0.05, 0) is 30.9 Å². The Kier molecular flexibility index (Phi) is 5.72. The molecule has 0 amide bonds. The van der Waals surface area contributed by atoms with E-state index in [4.69, 9.17) is 4.74 Å². The molecule has 0 radical (unpaired) electrons. The molecule has 0 atom stereocenters. The second kappa shape index (κ2) is 8.41. The number of carbonyl (C=O) groups excluding carboxylic acids is 1. The second-order valence-corrected chi connectivity index (χ2v) is 8.22. The Labute approximate surface area is 171 Å². The lowest BCUT2D eigenvalue weighted by Gasteiger charge is -2.27. The van der Waals surface area contributed by atoms with Crippen LogP contribution >= 0.6 is 0 Å². The molecule has 6 heteroatoms. The summed E-state index contributed by atoms with van der Waals surface area (Å²) < 4.78 is 7.34. The molecule has 0 aliphatic carbocycles. The average molecular weight is 395 g/mol. The number of aromatic amines is 1. The summed E-state index contributed by atoms with van der Waals surface area (Å²) >= 11 is 0. The lowest BCUT2D eigenvalue weighted by atomic mass is 10.0. The minimum Gasteiger partial charge on any atom is -0.461 e. The smallest absolute Gasteiger partial charge is 0.359 e. The molecule has 3 aromatic rings. The first-order valence-corrected chi connectivity index (χ1v) is 10.6. The van der Waals surface area contributed by atoms with Crippen LogP contribution in [0.1, 0.15) is 54.5 Å². The van der Waals surface area contributed by atoms with Crippen molar-refractivity contribution >= 4 is 16.9 Å². The van der Waals surface area contributed by atoms with Crippen LogP contribution in [0.25, 0.3) is 10.9 Å². The maximum Gasteiger partial charge on any atom is 0.359 e. The molecule has 1 aromatic carbocycles. The summed E-state index contributed by atoms with van der Waals surface area (Å²) in [7, 11) is 0. The molecule has 1 aliphatic heterocycles. The maximum atomic E-state index is 12.5. The Morgan fingerprint density at radius 2 is 2.14 bits per heavy atom. The van der Waals surface area contributed by atoms with Crippen molar-refractivity contribution in [3.63, 3.8) is 0 Å². The van der Waals surface area contributed by atoms with Gasteiger partial charge in [0.05, 0.1) is 6.61 Å². The number of ether oxygens (including phenoxy) is 1.